The monoisotopic (exact) mass is 352 g/mol. The first kappa shape index (κ1) is 18.2. The number of allylic oxidation sites excluding steroid dienone is 2. The number of benzene rings is 1. The van der Waals surface area contributed by atoms with Gasteiger partial charge in [0.2, 0.25) is 0 Å². The normalized spacial score (nSPS) is 24.5. The molecule has 0 aromatic heterocycles. The zero-order valence-corrected chi connectivity index (χ0v) is 15.9. The Hall–Kier alpha value is -2.61. The Bertz CT molecular complexity index is 858. The number of nitriles is 1. The second-order valence-corrected chi connectivity index (χ2v) is 7.75. The van der Waals surface area contributed by atoms with E-state index in [0.717, 1.165) is 23.4 Å². The highest BCUT2D eigenvalue weighted by Crippen LogP contribution is 2.49. The minimum absolute atomic E-state index is 0.0719. The Kier molecular flexibility index (Phi) is 4.62. The van der Waals surface area contributed by atoms with Gasteiger partial charge in [0.05, 0.1) is 26.2 Å². The molecule has 1 aromatic rings. The van der Waals surface area contributed by atoms with Crippen molar-refractivity contribution in [2.75, 3.05) is 14.2 Å². The number of hydrogen-bond donors (Lipinski definition) is 0. The van der Waals surface area contributed by atoms with E-state index in [1.54, 1.807) is 14.2 Å². The van der Waals surface area contributed by atoms with Gasteiger partial charge in [-0.2, -0.15) is 5.26 Å². The predicted molar refractivity (Wildman–Crippen MR) is 99.5 cm³/mol. The summed E-state index contributed by atoms with van der Waals surface area (Å²) in [5.41, 5.74) is 2.89. The van der Waals surface area contributed by atoms with Gasteiger partial charge < -0.3 is 9.47 Å². The van der Waals surface area contributed by atoms with Crippen LogP contribution in [-0.4, -0.2) is 25.7 Å². The molecule has 0 fully saturated rings. The van der Waals surface area contributed by atoms with Gasteiger partial charge in [-0.25, -0.2) is 0 Å². The molecule has 0 saturated carbocycles. The molecule has 0 N–H and O–H groups in total. The van der Waals surface area contributed by atoms with E-state index in [-0.39, 0.29) is 17.1 Å². The minimum Gasteiger partial charge on any atom is -0.497 e. The zero-order valence-electron chi connectivity index (χ0n) is 15.9. The second-order valence-electron chi connectivity index (χ2n) is 7.75. The van der Waals surface area contributed by atoms with E-state index < -0.39 is 5.92 Å². The zero-order chi connectivity index (χ0) is 19.1. The molecule has 1 unspecified atom stereocenters. The van der Waals surface area contributed by atoms with Crippen molar-refractivity contribution in [1.29, 1.82) is 5.26 Å². The minimum atomic E-state index is -0.500. The van der Waals surface area contributed by atoms with E-state index in [9.17, 15) is 10.1 Å². The Morgan fingerprint density at radius 3 is 2.58 bits per heavy atom. The topological polar surface area (TPSA) is 71.7 Å². The number of Topliss-reactive ketones (excluding diaryl/α,β-unsaturated/α-hetero) is 1. The number of hydrogen-bond acceptors (Lipinski definition) is 5. The molecule has 2 atom stereocenters. The summed E-state index contributed by atoms with van der Waals surface area (Å²) in [6.07, 6.45) is 1.19. The van der Waals surface area contributed by atoms with E-state index >= 15 is 0 Å². The van der Waals surface area contributed by atoms with E-state index in [0.29, 0.717) is 23.5 Å². The molecule has 136 valence electrons. The van der Waals surface area contributed by atoms with Gasteiger partial charge in [0.1, 0.15) is 11.5 Å². The molecule has 1 aromatic carbocycles. The Labute approximate surface area is 154 Å². The number of rotatable bonds is 3. The van der Waals surface area contributed by atoms with Crippen molar-refractivity contribution in [2.45, 2.75) is 39.5 Å². The quantitative estimate of drug-likeness (QED) is 0.823. The van der Waals surface area contributed by atoms with Gasteiger partial charge in [-0.05, 0) is 37.0 Å². The van der Waals surface area contributed by atoms with Crippen molar-refractivity contribution in [3.63, 3.8) is 0 Å². The molecule has 0 spiro atoms. The smallest absolute Gasteiger partial charge is 0.161 e. The van der Waals surface area contributed by atoms with Gasteiger partial charge in [0.15, 0.2) is 5.78 Å². The lowest BCUT2D eigenvalue weighted by Crippen LogP contribution is -2.35. The molecular weight excluding hydrogens is 328 g/mol. The van der Waals surface area contributed by atoms with Crippen LogP contribution in [-0.2, 0) is 4.79 Å². The number of ether oxygens (including phenoxy) is 2. The fourth-order valence-electron chi connectivity index (χ4n) is 4.03. The standard InChI is InChI=1S/C21H24N2O3/c1-12-15(11-22)19(14-8-13(25-4)6-7-18(14)26-5)20-16(23-12)9-21(2,3)10-17(20)24/h6-8,15,19H,9-10H2,1-5H3/t15?,19-/m1/s1. The molecule has 26 heavy (non-hydrogen) atoms. The predicted octanol–water partition coefficient (Wildman–Crippen LogP) is 4.04. The highest BCUT2D eigenvalue weighted by molar-refractivity contribution is 6.03. The maximum absolute atomic E-state index is 13.0. The number of ketones is 1. The highest BCUT2D eigenvalue weighted by atomic mass is 16.5. The molecule has 5 nitrogen and oxygen atoms in total. The van der Waals surface area contributed by atoms with Crippen molar-refractivity contribution in [3.8, 4) is 17.6 Å². The fourth-order valence-corrected chi connectivity index (χ4v) is 4.03. The first-order chi connectivity index (χ1) is 12.3. The molecule has 0 amide bonds. The molecule has 0 bridgehead atoms. The second kappa shape index (κ2) is 6.60. The van der Waals surface area contributed by atoms with Crippen molar-refractivity contribution < 1.29 is 14.3 Å². The van der Waals surface area contributed by atoms with Gasteiger partial charge in [0.25, 0.3) is 0 Å². The average Bonchev–Trinajstić information content (AvgIpc) is 2.58. The molecule has 1 aliphatic heterocycles. The fraction of sp³-hybridized carbons (Fsp3) is 0.476. The summed E-state index contributed by atoms with van der Waals surface area (Å²) in [5, 5.41) is 9.83. The number of nitrogens with zero attached hydrogens (tertiary/aromatic N) is 2. The third-order valence-electron chi connectivity index (χ3n) is 5.21. The van der Waals surface area contributed by atoms with Crippen molar-refractivity contribution in [3.05, 3.63) is 35.0 Å². The lowest BCUT2D eigenvalue weighted by molar-refractivity contribution is -0.118. The molecule has 1 heterocycles. The maximum Gasteiger partial charge on any atom is 0.161 e. The lowest BCUT2D eigenvalue weighted by Gasteiger charge is -2.38. The summed E-state index contributed by atoms with van der Waals surface area (Å²) >= 11 is 0. The van der Waals surface area contributed by atoms with Crippen LogP contribution in [0.1, 0.15) is 45.1 Å². The van der Waals surface area contributed by atoms with Crippen LogP contribution >= 0.6 is 0 Å². The van der Waals surface area contributed by atoms with Gasteiger partial charge in [0, 0.05) is 34.9 Å². The maximum atomic E-state index is 13.0. The molecular formula is C21H24N2O3. The van der Waals surface area contributed by atoms with Crippen LogP contribution in [0.2, 0.25) is 0 Å². The van der Waals surface area contributed by atoms with Crippen LogP contribution < -0.4 is 9.47 Å². The summed E-state index contributed by atoms with van der Waals surface area (Å²) in [6, 6.07) is 7.85. The van der Waals surface area contributed by atoms with Crippen LogP contribution in [0.25, 0.3) is 0 Å². The molecule has 5 heteroatoms. The molecule has 2 aliphatic rings. The number of aliphatic imine (C=N–C) groups is 1. The van der Waals surface area contributed by atoms with Gasteiger partial charge >= 0.3 is 0 Å². The van der Waals surface area contributed by atoms with Gasteiger partial charge in [-0.15, -0.1) is 0 Å². The largest absolute Gasteiger partial charge is 0.497 e. The van der Waals surface area contributed by atoms with Crippen molar-refractivity contribution in [1.82, 2.24) is 0 Å². The van der Waals surface area contributed by atoms with Crippen molar-refractivity contribution in [2.24, 2.45) is 16.3 Å². The highest BCUT2D eigenvalue weighted by Gasteiger charge is 2.44. The Balaban J connectivity index is 2.24. The lowest BCUT2D eigenvalue weighted by atomic mass is 9.67. The van der Waals surface area contributed by atoms with Gasteiger partial charge in [-0.3, -0.25) is 9.79 Å². The van der Waals surface area contributed by atoms with Crippen molar-refractivity contribution >= 4 is 11.5 Å². The molecule has 0 saturated heterocycles. The van der Waals surface area contributed by atoms with Gasteiger partial charge in [-0.1, -0.05) is 13.8 Å². The van der Waals surface area contributed by atoms with Crippen LogP contribution in [0.5, 0.6) is 11.5 Å². The van der Waals surface area contributed by atoms with Crippen LogP contribution in [0.3, 0.4) is 0 Å². The Morgan fingerprint density at radius 2 is 1.96 bits per heavy atom. The van der Waals surface area contributed by atoms with Crippen LogP contribution in [0.4, 0.5) is 0 Å². The SMILES string of the molecule is COc1ccc(OC)c([C@H]2C3=C(CC(C)(C)CC3=O)N=C(C)C2C#N)c1. The molecule has 3 rings (SSSR count). The average molecular weight is 352 g/mol. The number of carbonyl (C=O) groups is 1. The Morgan fingerprint density at radius 1 is 1.23 bits per heavy atom. The van der Waals surface area contributed by atoms with E-state index in [4.69, 9.17) is 9.47 Å². The molecule has 0 radical (unpaired) electrons. The first-order valence-electron chi connectivity index (χ1n) is 8.74. The third-order valence-corrected chi connectivity index (χ3v) is 5.21. The van der Waals surface area contributed by atoms with E-state index in [1.807, 2.05) is 25.1 Å². The molecule has 1 aliphatic carbocycles. The number of carbonyl (C=O) groups excluding carboxylic acids is 1. The van der Waals surface area contributed by atoms with Crippen LogP contribution in [0.15, 0.2) is 34.5 Å². The van der Waals surface area contributed by atoms with E-state index in [2.05, 4.69) is 24.9 Å². The van der Waals surface area contributed by atoms with E-state index in [1.165, 1.54) is 0 Å². The summed E-state index contributed by atoms with van der Waals surface area (Å²) in [4.78, 5) is 17.7. The summed E-state index contributed by atoms with van der Waals surface area (Å²) < 4.78 is 10.9. The summed E-state index contributed by atoms with van der Waals surface area (Å²) in [6.45, 7) is 6.03. The first-order valence-corrected chi connectivity index (χ1v) is 8.74. The summed E-state index contributed by atoms with van der Waals surface area (Å²) in [5.74, 6) is 0.502. The third kappa shape index (κ3) is 3.01. The number of methoxy groups -OCH3 is 2. The van der Waals surface area contributed by atoms with Crippen LogP contribution in [0, 0.1) is 22.7 Å². The summed E-state index contributed by atoms with van der Waals surface area (Å²) in [7, 11) is 3.19.